The molecule has 0 aliphatic heterocycles. The second-order valence-electron chi connectivity index (χ2n) is 7.05. The number of nitrogens with one attached hydrogen (secondary N) is 2. The number of nitrogens with zero attached hydrogens (tertiary/aromatic N) is 1. The van der Waals surface area contributed by atoms with Crippen molar-refractivity contribution in [3.63, 3.8) is 0 Å². The van der Waals surface area contributed by atoms with Crippen LogP contribution in [-0.4, -0.2) is 37.2 Å². The van der Waals surface area contributed by atoms with E-state index in [0.717, 1.165) is 11.0 Å². The molecule has 7 nitrogen and oxygen atoms in total. The monoisotopic (exact) mass is 435 g/mol. The predicted octanol–water partition coefficient (Wildman–Crippen LogP) is 4.57. The fourth-order valence-electron chi connectivity index (χ4n) is 3.46. The zero-order chi connectivity index (χ0) is 22.7. The van der Waals surface area contributed by atoms with Gasteiger partial charge in [0.15, 0.2) is 11.5 Å². The van der Waals surface area contributed by atoms with E-state index in [9.17, 15) is 9.18 Å². The van der Waals surface area contributed by atoms with E-state index in [1.165, 1.54) is 27.4 Å². The molecule has 0 atom stereocenters. The zero-order valence-electron chi connectivity index (χ0n) is 17.9. The van der Waals surface area contributed by atoms with Crippen LogP contribution in [0.2, 0.25) is 0 Å². The highest BCUT2D eigenvalue weighted by Gasteiger charge is 2.17. The highest BCUT2D eigenvalue weighted by Crippen LogP contribution is 2.38. The number of aromatic amines is 1. The molecule has 8 heteroatoms. The first kappa shape index (κ1) is 21.2. The number of benzene rings is 3. The van der Waals surface area contributed by atoms with Crippen molar-refractivity contribution in [3.8, 4) is 17.2 Å². The molecule has 4 rings (SSSR count). The molecule has 164 valence electrons. The summed E-state index contributed by atoms with van der Waals surface area (Å²) in [6.07, 6.45) is 0.342. The van der Waals surface area contributed by atoms with Crippen LogP contribution < -0.4 is 19.5 Å². The Morgan fingerprint density at radius 1 is 1.00 bits per heavy atom. The lowest BCUT2D eigenvalue weighted by molar-refractivity contribution is 0.102. The Morgan fingerprint density at radius 3 is 2.38 bits per heavy atom. The first-order chi connectivity index (χ1) is 15.5. The molecule has 0 unspecified atom stereocenters. The molecule has 4 aromatic rings. The van der Waals surface area contributed by atoms with Gasteiger partial charge in [-0.25, -0.2) is 9.37 Å². The molecule has 0 radical (unpaired) electrons. The molecule has 0 saturated heterocycles. The van der Waals surface area contributed by atoms with Gasteiger partial charge in [-0.2, -0.15) is 0 Å². The lowest BCUT2D eigenvalue weighted by Crippen LogP contribution is -2.12. The molecular formula is C24H22FN3O4. The molecule has 0 spiro atoms. The summed E-state index contributed by atoms with van der Waals surface area (Å²) in [7, 11) is 4.48. The topological polar surface area (TPSA) is 85.5 Å². The van der Waals surface area contributed by atoms with Crippen LogP contribution in [0.5, 0.6) is 17.2 Å². The Balaban J connectivity index is 1.57. The van der Waals surface area contributed by atoms with Gasteiger partial charge in [-0.05, 0) is 42.0 Å². The number of methoxy groups -OCH3 is 3. The van der Waals surface area contributed by atoms with Crippen LogP contribution in [0.1, 0.15) is 21.7 Å². The van der Waals surface area contributed by atoms with E-state index in [4.69, 9.17) is 14.2 Å². The highest BCUT2D eigenvalue weighted by atomic mass is 19.1. The fourth-order valence-corrected chi connectivity index (χ4v) is 3.46. The molecule has 0 aliphatic rings. The Morgan fingerprint density at radius 2 is 1.72 bits per heavy atom. The minimum Gasteiger partial charge on any atom is -0.493 e. The minimum absolute atomic E-state index is 0.272. The maximum Gasteiger partial charge on any atom is 0.255 e. The number of hydrogen-bond donors (Lipinski definition) is 2. The van der Waals surface area contributed by atoms with Gasteiger partial charge in [-0.3, -0.25) is 4.79 Å². The lowest BCUT2D eigenvalue weighted by atomic mass is 10.1. The molecule has 32 heavy (non-hydrogen) atoms. The third kappa shape index (κ3) is 4.20. The van der Waals surface area contributed by atoms with Gasteiger partial charge >= 0.3 is 0 Å². The third-order valence-corrected chi connectivity index (χ3v) is 5.03. The van der Waals surface area contributed by atoms with Crippen LogP contribution in [0, 0.1) is 5.82 Å². The molecule has 1 heterocycles. The summed E-state index contributed by atoms with van der Waals surface area (Å²) in [5.41, 5.74) is 2.95. The smallest absolute Gasteiger partial charge is 0.255 e. The number of imidazole rings is 1. The fraction of sp³-hybridized carbons (Fsp3) is 0.167. The number of carbonyl (C=O) groups excluding carboxylic acids is 1. The van der Waals surface area contributed by atoms with Crippen molar-refractivity contribution in [1.82, 2.24) is 9.97 Å². The Labute approximate surface area is 184 Å². The number of rotatable bonds is 7. The van der Waals surface area contributed by atoms with E-state index in [2.05, 4.69) is 15.3 Å². The second-order valence-corrected chi connectivity index (χ2v) is 7.05. The summed E-state index contributed by atoms with van der Waals surface area (Å²) in [5, 5.41) is 2.86. The molecule has 0 aliphatic carbocycles. The van der Waals surface area contributed by atoms with Gasteiger partial charge in [-0.1, -0.05) is 18.2 Å². The highest BCUT2D eigenvalue weighted by molar-refractivity contribution is 6.05. The van der Waals surface area contributed by atoms with Gasteiger partial charge in [-0.15, -0.1) is 0 Å². The molecular weight excluding hydrogens is 413 g/mol. The average Bonchev–Trinajstić information content (AvgIpc) is 3.21. The quantitative estimate of drug-likeness (QED) is 0.444. The molecule has 1 amide bonds. The number of anilines is 1. The van der Waals surface area contributed by atoms with Gasteiger partial charge in [0, 0.05) is 17.7 Å². The second kappa shape index (κ2) is 8.97. The van der Waals surface area contributed by atoms with Crippen molar-refractivity contribution in [2.75, 3.05) is 26.6 Å². The van der Waals surface area contributed by atoms with Crippen molar-refractivity contribution in [2.24, 2.45) is 0 Å². The zero-order valence-corrected chi connectivity index (χ0v) is 17.9. The predicted molar refractivity (Wildman–Crippen MR) is 119 cm³/mol. The summed E-state index contributed by atoms with van der Waals surface area (Å²) in [6, 6.07) is 15.1. The van der Waals surface area contributed by atoms with E-state index in [1.54, 1.807) is 48.5 Å². The van der Waals surface area contributed by atoms with E-state index in [0.29, 0.717) is 46.3 Å². The summed E-state index contributed by atoms with van der Waals surface area (Å²) in [6.45, 7) is 0. The number of H-pyrrole nitrogens is 1. The van der Waals surface area contributed by atoms with Crippen molar-refractivity contribution < 1.29 is 23.4 Å². The Hall–Kier alpha value is -4.07. The Kier molecular flexibility index (Phi) is 5.93. The van der Waals surface area contributed by atoms with E-state index in [-0.39, 0.29) is 11.7 Å². The van der Waals surface area contributed by atoms with Crippen LogP contribution in [-0.2, 0) is 6.42 Å². The summed E-state index contributed by atoms with van der Waals surface area (Å²) in [4.78, 5) is 20.5. The van der Waals surface area contributed by atoms with Crippen molar-refractivity contribution >= 4 is 22.6 Å². The van der Waals surface area contributed by atoms with Crippen molar-refractivity contribution in [1.29, 1.82) is 0 Å². The SMILES string of the molecule is COc1cc(C(=O)Nc2ccc3nc(Cc4ccccc4F)[nH]c3c2)cc(OC)c1OC. The number of aromatic nitrogens is 2. The molecule has 1 aromatic heterocycles. The molecule has 3 aromatic carbocycles. The Bertz CT molecular complexity index is 1260. The number of hydrogen-bond acceptors (Lipinski definition) is 5. The number of ether oxygens (including phenoxy) is 3. The number of amides is 1. The van der Waals surface area contributed by atoms with Crippen LogP contribution in [0.25, 0.3) is 11.0 Å². The van der Waals surface area contributed by atoms with Crippen LogP contribution in [0.15, 0.2) is 54.6 Å². The average molecular weight is 435 g/mol. The van der Waals surface area contributed by atoms with Crippen molar-refractivity contribution in [3.05, 3.63) is 77.4 Å². The largest absolute Gasteiger partial charge is 0.493 e. The lowest BCUT2D eigenvalue weighted by Gasteiger charge is -2.14. The van der Waals surface area contributed by atoms with Crippen LogP contribution in [0.4, 0.5) is 10.1 Å². The first-order valence-corrected chi connectivity index (χ1v) is 9.85. The van der Waals surface area contributed by atoms with Gasteiger partial charge < -0.3 is 24.5 Å². The van der Waals surface area contributed by atoms with E-state index >= 15 is 0 Å². The van der Waals surface area contributed by atoms with Gasteiger partial charge in [0.1, 0.15) is 11.6 Å². The number of carbonyl (C=O) groups is 1. The summed E-state index contributed by atoms with van der Waals surface area (Å²) < 4.78 is 29.9. The van der Waals surface area contributed by atoms with Gasteiger partial charge in [0.05, 0.1) is 32.4 Å². The van der Waals surface area contributed by atoms with Crippen LogP contribution in [0.3, 0.4) is 0 Å². The summed E-state index contributed by atoms with van der Waals surface area (Å²) in [5.74, 6) is 1.21. The minimum atomic E-state index is -0.338. The standard InChI is InChI=1S/C24H22FN3O4/c1-30-20-10-15(11-21(31-2)23(20)32-3)24(29)26-16-8-9-18-19(13-16)28-22(27-18)12-14-6-4-5-7-17(14)25/h4-11,13H,12H2,1-3H3,(H,26,29)(H,27,28). The van der Waals surface area contributed by atoms with Gasteiger partial charge in [0.2, 0.25) is 5.75 Å². The molecule has 0 bridgehead atoms. The molecule has 0 saturated carbocycles. The molecule has 0 fully saturated rings. The van der Waals surface area contributed by atoms with E-state index in [1.807, 2.05) is 0 Å². The maximum absolute atomic E-state index is 13.9. The van der Waals surface area contributed by atoms with Gasteiger partial charge in [0.25, 0.3) is 5.91 Å². The third-order valence-electron chi connectivity index (χ3n) is 5.03. The number of fused-ring (bicyclic) bond motifs is 1. The summed E-state index contributed by atoms with van der Waals surface area (Å²) >= 11 is 0. The number of halogens is 1. The first-order valence-electron chi connectivity index (χ1n) is 9.85. The van der Waals surface area contributed by atoms with E-state index < -0.39 is 0 Å². The van der Waals surface area contributed by atoms with Crippen molar-refractivity contribution in [2.45, 2.75) is 6.42 Å². The van der Waals surface area contributed by atoms with Crippen LogP contribution >= 0.6 is 0 Å². The normalized spacial score (nSPS) is 10.8. The molecule has 2 N–H and O–H groups in total. The maximum atomic E-state index is 13.9.